The number of carbonyl (C=O) groups is 2. The van der Waals surface area contributed by atoms with E-state index >= 15 is 0 Å². The second-order valence-electron chi connectivity index (χ2n) is 2.45. The van der Waals surface area contributed by atoms with Gasteiger partial charge in [-0.25, -0.2) is 0 Å². The normalized spacial score (nSPS) is 10.2. The minimum Gasteiger partial charge on any atom is -0.275 e. The van der Waals surface area contributed by atoms with Crippen LogP contribution in [0.4, 0.5) is 0 Å². The van der Waals surface area contributed by atoms with Gasteiger partial charge in [-0.2, -0.15) is 0 Å². The molecule has 0 aliphatic rings. The van der Waals surface area contributed by atoms with Crippen LogP contribution in [0.5, 0.6) is 0 Å². The van der Waals surface area contributed by atoms with Gasteiger partial charge in [0.25, 0.3) is 10.5 Å². The Morgan fingerprint density at radius 1 is 0.867 bits per heavy atom. The molecule has 1 aromatic rings. The number of hydrogen-bond acceptors (Lipinski definition) is 2. The quantitative estimate of drug-likeness (QED) is 0.759. The predicted octanol–water partition coefficient (Wildman–Crippen LogP) is 4.40. The number of benzene rings is 1. The van der Waals surface area contributed by atoms with Crippen molar-refractivity contribution < 1.29 is 9.59 Å². The van der Waals surface area contributed by atoms with E-state index in [1.165, 1.54) is 6.07 Å². The molecule has 1 aromatic carbocycles. The molecule has 0 spiro atoms. The van der Waals surface area contributed by atoms with Crippen molar-refractivity contribution in [2.75, 3.05) is 0 Å². The van der Waals surface area contributed by atoms with Crippen LogP contribution in [0, 0.1) is 0 Å². The first-order chi connectivity index (χ1) is 6.86. The lowest BCUT2D eigenvalue weighted by Crippen LogP contribution is -2.00. The molecule has 15 heavy (non-hydrogen) atoms. The van der Waals surface area contributed by atoms with Crippen LogP contribution in [-0.2, 0) is 0 Å². The van der Waals surface area contributed by atoms with Gasteiger partial charge in [-0.3, -0.25) is 9.59 Å². The molecule has 7 heteroatoms. The van der Waals surface area contributed by atoms with Gasteiger partial charge in [-0.1, -0.05) is 34.8 Å². The number of rotatable bonds is 2. The molecule has 0 N–H and O–H groups in total. The second kappa shape index (κ2) is 4.89. The summed E-state index contributed by atoms with van der Waals surface area (Å²) in [5, 5.41) is -2.09. The first kappa shape index (κ1) is 13.1. The van der Waals surface area contributed by atoms with Crippen LogP contribution in [0.2, 0.25) is 15.1 Å². The molecule has 0 atom stereocenters. The van der Waals surface area contributed by atoms with Gasteiger partial charge in [0.05, 0.1) is 26.2 Å². The van der Waals surface area contributed by atoms with E-state index in [0.29, 0.717) is 0 Å². The molecular weight excluding hydrogens is 305 g/mol. The average Bonchev–Trinajstić information content (AvgIpc) is 1.99. The lowest BCUT2D eigenvalue weighted by molar-refractivity contribution is 0.108. The Labute approximate surface area is 110 Å². The Hall–Kier alpha value is 0.01000. The maximum Gasteiger partial charge on any atom is 0.255 e. The SMILES string of the molecule is O=C(Cl)c1c(Cl)cc(Cl)c(C(=O)Cl)c1Cl. The van der Waals surface area contributed by atoms with Crippen molar-refractivity contribution in [1.82, 2.24) is 0 Å². The van der Waals surface area contributed by atoms with Gasteiger partial charge in [-0.15, -0.1) is 0 Å². The molecule has 0 aliphatic heterocycles. The van der Waals surface area contributed by atoms with Crippen LogP contribution in [0.1, 0.15) is 20.7 Å². The summed E-state index contributed by atoms with van der Waals surface area (Å²) in [6.45, 7) is 0. The highest BCUT2D eigenvalue weighted by atomic mass is 35.5. The third-order valence-corrected chi connectivity index (χ3v) is 2.92. The summed E-state index contributed by atoms with van der Waals surface area (Å²) in [5.74, 6) is 0. The molecule has 2 nitrogen and oxygen atoms in total. The van der Waals surface area contributed by atoms with Gasteiger partial charge in [0, 0.05) is 0 Å². The van der Waals surface area contributed by atoms with Gasteiger partial charge < -0.3 is 0 Å². The third kappa shape index (κ3) is 2.58. The van der Waals surface area contributed by atoms with Gasteiger partial charge in [-0.05, 0) is 29.3 Å². The van der Waals surface area contributed by atoms with Gasteiger partial charge in [0.2, 0.25) is 0 Å². The van der Waals surface area contributed by atoms with Gasteiger partial charge >= 0.3 is 0 Å². The molecule has 0 amide bonds. The summed E-state index contributed by atoms with van der Waals surface area (Å²) in [4.78, 5) is 21.9. The lowest BCUT2D eigenvalue weighted by Gasteiger charge is -2.07. The van der Waals surface area contributed by atoms with E-state index in [9.17, 15) is 9.59 Å². The summed E-state index contributed by atoms with van der Waals surface area (Å²) in [6.07, 6.45) is 0. The fourth-order valence-corrected chi connectivity index (χ4v) is 2.64. The van der Waals surface area contributed by atoms with Gasteiger partial charge in [0.15, 0.2) is 0 Å². The highest BCUT2D eigenvalue weighted by Gasteiger charge is 2.22. The van der Waals surface area contributed by atoms with Crippen LogP contribution >= 0.6 is 58.0 Å². The van der Waals surface area contributed by atoms with E-state index in [4.69, 9.17) is 58.0 Å². The van der Waals surface area contributed by atoms with Crippen LogP contribution in [0.25, 0.3) is 0 Å². The zero-order valence-electron chi connectivity index (χ0n) is 6.78. The van der Waals surface area contributed by atoms with Crippen molar-refractivity contribution in [2.45, 2.75) is 0 Å². The Bertz CT molecular complexity index is 417. The first-order valence-electron chi connectivity index (χ1n) is 3.43. The maximum atomic E-state index is 11.0. The Kier molecular flexibility index (Phi) is 4.27. The fraction of sp³-hybridized carbons (Fsp3) is 0. The zero-order valence-corrected chi connectivity index (χ0v) is 10.6. The summed E-state index contributed by atoms with van der Waals surface area (Å²) in [5.41, 5.74) is -0.373. The lowest BCUT2D eigenvalue weighted by atomic mass is 10.1. The Balaban J connectivity index is 3.64. The number of halogens is 5. The van der Waals surface area contributed by atoms with Crippen molar-refractivity contribution in [2.24, 2.45) is 0 Å². The van der Waals surface area contributed by atoms with Crippen LogP contribution in [-0.4, -0.2) is 10.5 Å². The Morgan fingerprint density at radius 2 is 1.20 bits per heavy atom. The van der Waals surface area contributed by atoms with Crippen molar-refractivity contribution >= 4 is 68.5 Å². The molecule has 0 fully saturated rings. The molecule has 0 heterocycles. The van der Waals surface area contributed by atoms with Crippen LogP contribution in [0.3, 0.4) is 0 Å². The monoisotopic (exact) mass is 304 g/mol. The smallest absolute Gasteiger partial charge is 0.255 e. The average molecular weight is 306 g/mol. The van der Waals surface area contributed by atoms with Crippen LogP contribution < -0.4 is 0 Å². The highest BCUT2D eigenvalue weighted by Crippen LogP contribution is 2.35. The minimum absolute atomic E-state index is 0.0355. The molecule has 0 saturated carbocycles. The largest absolute Gasteiger partial charge is 0.275 e. The molecule has 0 aliphatic carbocycles. The molecule has 0 aromatic heterocycles. The number of carbonyl (C=O) groups excluding carboxylic acids is 2. The molecule has 0 radical (unpaired) electrons. The van der Waals surface area contributed by atoms with E-state index in [1.807, 2.05) is 0 Å². The van der Waals surface area contributed by atoms with E-state index in [0.717, 1.165) is 0 Å². The molecule has 80 valence electrons. The summed E-state index contributed by atoms with van der Waals surface area (Å²) < 4.78 is 0. The van der Waals surface area contributed by atoms with E-state index in [-0.39, 0.29) is 26.2 Å². The molecular formula is C8HCl5O2. The second-order valence-corrected chi connectivity index (χ2v) is 4.33. The van der Waals surface area contributed by atoms with Crippen molar-refractivity contribution in [3.8, 4) is 0 Å². The third-order valence-electron chi connectivity index (χ3n) is 1.56. The van der Waals surface area contributed by atoms with E-state index in [2.05, 4.69) is 0 Å². The molecule has 1 rings (SSSR count). The van der Waals surface area contributed by atoms with Crippen LogP contribution in [0.15, 0.2) is 6.07 Å². The molecule has 0 unspecified atom stereocenters. The summed E-state index contributed by atoms with van der Waals surface area (Å²) in [6, 6.07) is 1.18. The minimum atomic E-state index is -0.888. The zero-order chi connectivity index (χ0) is 11.7. The van der Waals surface area contributed by atoms with E-state index in [1.54, 1.807) is 0 Å². The van der Waals surface area contributed by atoms with Crippen molar-refractivity contribution in [3.63, 3.8) is 0 Å². The highest BCUT2D eigenvalue weighted by molar-refractivity contribution is 6.72. The fourth-order valence-electron chi connectivity index (χ4n) is 0.951. The molecule has 0 saturated heterocycles. The predicted molar refractivity (Wildman–Crippen MR) is 61.8 cm³/mol. The molecule has 0 bridgehead atoms. The topological polar surface area (TPSA) is 34.1 Å². The van der Waals surface area contributed by atoms with Crippen molar-refractivity contribution in [3.05, 3.63) is 32.3 Å². The standard InChI is InChI=1S/C8HCl5O2/c9-2-1-3(10)5(8(13)15)6(11)4(2)7(12)14/h1H. The summed E-state index contributed by atoms with van der Waals surface area (Å²) >= 11 is 27.6. The van der Waals surface area contributed by atoms with Gasteiger partial charge in [0.1, 0.15) is 0 Å². The number of hydrogen-bond donors (Lipinski definition) is 0. The summed E-state index contributed by atoms with van der Waals surface area (Å²) in [7, 11) is 0. The Morgan fingerprint density at radius 3 is 1.47 bits per heavy atom. The maximum absolute atomic E-state index is 11.0. The van der Waals surface area contributed by atoms with Crippen molar-refractivity contribution in [1.29, 1.82) is 0 Å². The van der Waals surface area contributed by atoms with E-state index < -0.39 is 10.5 Å². The first-order valence-corrected chi connectivity index (χ1v) is 5.32.